The standard InChI is InChI=1S/C22H20ClN5/c1-27(2)8-9-28(15-17-5-3-4-16(10-17)13-24)22-11-18(14-25)20-12-19(23)6-7-21(20)26-22/h3-7,10-12H,8-9,15H2,1-2H3. The van der Waals surface area contributed by atoms with Crippen LogP contribution >= 0.6 is 11.6 Å². The molecule has 0 fully saturated rings. The molecule has 0 saturated heterocycles. The molecule has 28 heavy (non-hydrogen) atoms. The molecule has 0 saturated carbocycles. The summed E-state index contributed by atoms with van der Waals surface area (Å²) in [5.74, 6) is 0.732. The molecule has 1 aromatic heterocycles. The lowest BCUT2D eigenvalue weighted by atomic mass is 10.1. The van der Waals surface area contributed by atoms with Crippen molar-refractivity contribution in [3.8, 4) is 12.1 Å². The Balaban J connectivity index is 2.03. The van der Waals surface area contributed by atoms with Crippen LogP contribution in [-0.4, -0.2) is 37.1 Å². The summed E-state index contributed by atoms with van der Waals surface area (Å²) in [4.78, 5) is 9.01. The van der Waals surface area contributed by atoms with Gasteiger partial charge in [-0.25, -0.2) is 4.98 Å². The molecule has 0 N–H and O–H groups in total. The summed E-state index contributed by atoms with van der Waals surface area (Å²) in [7, 11) is 4.04. The molecule has 0 aliphatic carbocycles. The maximum absolute atomic E-state index is 9.63. The number of hydrogen-bond donors (Lipinski definition) is 0. The topological polar surface area (TPSA) is 67.0 Å². The molecule has 5 nitrogen and oxygen atoms in total. The van der Waals surface area contributed by atoms with Crippen LogP contribution in [0.5, 0.6) is 0 Å². The van der Waals surface area contributed by atoms with Gasteiger partial charge >= 0.3 is 0 Å². The first-order chi connectivity index (χ1) is 13.5. The molecule has 6 heteroatoms. The molecule has 3 rings (SSSR count). The molecule has 0 aliphatic heterocycles. The second kappa shape index (κ2) is 8.71. The molecule has 0 bridgehead atoms. The van der Waals surface area contributed by atoms with Gasteiger partial charge in [0.15, 0.2) is 0 Å². The molecule has 0 atom stereocenters. The number of halogens is 1. The maximum Gasteiger partial charge on any atom is 0.130 e. The summed E-state index contributed by atoms with van der Waals surface area (Å²) in [6.45, 7) is 2.17. The van der Waals surface area contributed by atoms with Crippen molar-refractivity contribution in [2.24, 2.45) is 0 Å². The zero-order valence-electron chi connectivity index (χ0n) is 15.9. The molecule has 1 heterocycles. The van der Waals surface area contributed by atoms with E-state index in [0.717, 1.165) is 35.4 Å². The fourth-order valence-corrected chi connectivity index (χ4v) is 3.17. The van der Waals surface area contributed by atoms with E-state index in [9.17, 15) is 5.26 Å². The average Bonchev–Trinajstić information content (AvgIpc) is 2.70. The van der Waals surface area contributed by atoms with Crippen molar-refractivity contribution in [1.29, 1.82) is 10.5 Å². The van der Waals surface area contributed by atoms with E-state index in [1.807, 2.05) is 44.4 Å². The summed E-state index contributed by atoms with van der Waals surface area (Å²) in [5.41, 5.74) is 2.93. The first kappa shape index (κ1) is 19.6. The molecule has 0 radical (unpaired) electrons. The quantitative estimate of drug-likeness (QED) is 0.632. The third-order valence-corrected chi connectivity index (χ3v) is 4.68. The lowest BCUT2D eigenvalue weighted by Gasteiger charge is -2.26. The number of rotatable bonds is 6. The zero-order valence-corrected chi connectivity index (χ0v) is 16.6. The predicted molar refractivity (Wildman–Crippen MR) is 112 cm³/mol. The molecular weight excluding hydrogens is 370 g/mol. The van der Waals surface area contributed by atoms with Gasteiger partial charge in [-0.05, 0) is 56.1 Å². The monoisotopic (exact) mass is 389 g/mol. The minimum absolute atomic E-state index is 0.545. The Bertz CT molecular complexity index is 1080. The van der Waals surface area contributed by atoms with Crippen LogP contribution in [0.25, 0.3) is 10.9 Å². The highest BCUT2D eigenvalue weighted by molar-refractivity contribution is 6.31. The second-order valence-electron chi connectivity index (χ2n) is 6.84. The van der Waals surface area contributed by atoms with Crippen LogP contribution in [0.3, 0.4) is 0 Å². The second-order valence-corrected chi connectivity index (χ2v) is 7.27. The van der Waals surface area contributed by atoms with E-state index < -0.39 is 0 Å². The van der Waals surface area contributed by atoms with E-state index in [-0.39, 0.29) is 0 Å². The number of nitrogens with zero attached hydrogens (tertiary/aromatic N) is 5. The van der Waals surface area contributed by atoms with Gasteiger partial charge in [0, 0.05) is 30.0 Å². The largest absolute Gasteiger partial charge is 0.351 e. The molecular formula is C22H20ClN5. The van der Waals surface area contributed by atoms with E-state index in [1.165, 1.54) is 0 Å². The van der Waals surface area contributed by atoms with Crippen molar-refractivity contribution >= 4 is 28.3 Å². The fraction of sp³-hybridized carbons (Fsp3) is 0.227. The van der Waals surface area contributed by atoms with E-state index in [4.69, 9.17) is 21.8 Å². The SMILES string of the molecule is CN(C)CCN(Cc1cccc(C#N)c1)c1cc(C#N)c2cc(Cl)ccc2n1. The Hall–Kier alpha value is -3.12. The van der Waals surface area contributed by atoms with Gasteiger partial charge < -0.3 is 9.80 Å². The first-order valence-corrected chi connectivity index (χ1v) is 9.27. The van der Waals surface area contributed by atoms with Gasteiger partial charge in [0.1, 0.15) is 5.82 Å². The smallest absolute Gasteiger partial charge is 0.130 e. The van der Waals surface area contributed by atoms with E-state index in [2.05, 4.69) is 21.9 Å². The third kappa shape index (κ3) is 4.58. The number of fused-ring (bicyclic) bond motifs is 1. The summed E-state index contributed by atoms with van der Waals surface area (Å²) in [6.07, 6.45) is 0. The number of aromatic nitrogens is 1. The Morgan fingerprint density at radius 3 is 2.54 bits per heavy atom. The predicted octanol–water partition coefficient (Wildman–Crippen LogP) is 4.20. The van der Waals surface area contributed by atoms with Crippen molar-refractivity contribution in [1.82, 2.24) is 9.88 Å². The van der Waals surface area contributed by atoms with Gasteiger partial charge in [-0.2, -0.15) is 10.5 Å². The number of pyridine rings is 1. The van der Waals surface area contributed by atoms with E-state index in [1.54, 1.807) is 18.2 Å². The molecule has 3 aromatic rings. The number of likely N-dealkylation sites (N-methyl/N-ethyl adjacent to an activating group) is 1. The van der Waals surface area contributed by atoms with Crippen LogP contribution in [0.1, 0.15) is 16.7 Å². The summed E-state index contributed by atoms with van der Waals surface area (Å²) >= 11 is 6.09. The Kier molecular flexibility index (Phi) is 6.11. The van der Waals surface area contributed by atoms with Gasteiger partial charge in [0.05, 0.1) is 28.8 Å². The summed E-state index contributed by atoms with van der Waals surface area (Å²) < 4.78 is 0. The molecule has 0 unspecified atom stereocenters. The van der Waals surface area contributed by atoms with E-state index >= 15 is 0 Å². The lowest BCUT2D eigenvalue weighted by molar-refractivity contribution is 0.412. The zero-order chi connectivity index (χ0) is 20.1. The van der Waals surface area contributed by atoms with Crippen LogP contribution in [0.2, 0.25) is 5.02 Å². The van der Waals surface area contributed by atoms with Crippen molar-refractivity contribution in [3.05, 3.63) is 70.2 Å². The molecule has 2 aromatic carbocycles. The number of nitriles is 2. The molecule has 0 aliphatic rings. The Morgan fingerprint density at radius 2 is 1.82 bits per heavy atom. The average molecular weight is 390 g/mol. The van der Waals surface area contributed by atoms with Crippen LogP contribution in [0.15, 0.2) is 48.5 Å². The number of hydrogen-bond acceptors (Lipinski definition) is 5. The molecule has 140 valence electrons. The van der Waals surface area contributed by atoms with E-state index in [0.29, 0.717) is 22.7 Å². The van der Waals surface area contributed by atoms with Crippen LogP contribution in [0.4, 0.5) is 5.82 Å². The Labute approximate surface area is 170 Å². The minimum atomic E-state index is 0.545. The van der Waals surface area contributed by atoms with Crippen molar-refractivity contribution in [2.45, 2.75) is 6.54 Å². The lowest BCUT2D eigenvalue weighted by Crippen LogP contribution is -2.32. The van der Waals surface area contributed by atoms with Crippen LogP contribution < -0.4 is 4.90 Å². The van der Waals surface area contributed by atoms with Crippen LogP contribution in [-0.2, 0) is 6.54 Å². The maximum atomic E-state index is 9.63. The van der Waals surface area contributed by atoms with Gasteiger partial charge in [0.25, 0.3) is 0 Å². The number of anilines is 1. The number of benzene rings is 2. The molecule has 0 spiro atoms. The summed E-state index contributed by atoms with van der Waals surface area (Å²) in [6, 6.07) is 19.2. The Morgan fingerprint density at radius 1 is 1.00 bits per heavy atom. The van der Waals surface area contributed by atoms with Crippen LogP contribution in [0, 0.1) is 22.7 Å². The van der Waals surface area contributed by atoms with Crippen molar-refractivity contribution in [3.63, 3.8) is 0 Å². The highest BCUT2D eigenvalue weighted by Gasteiger charge is 2.14. The van der Waals surface area contributed by atoms with Gasteiger partial charge in [-0.3, -0.25) is 0 Å². The third-order valence-electron chi connectivity index (χ3n) is 4.45. The summed E-state index contributed by atoms with van der Waals surface area (Å²) in [5, 5.41) is 20.1. The fourth-order valence-electron chi connectivity index (χ4n) is 2.99. The van der Waals surface area contributed by atoms with Crippen molar-refractivity contribution in [2.75, 3.05) is 32.1 Å². The van der Waals surface area contributed by atoms with Gasteiger partial charge in [-0.15, -0.1) is 0 Å². The highest BCUT2D eigenvalue weighted by Crippen LogP contribution is 2.26. The van der Waals surface area contributed by atoms with Crippen molar-refractivity contribution < 1.29 is 0 Å². The minimum Gasteiger partial charge on any atom is -0.351 e. The highest BCUT2D eigenvalue weighted by atomic mass is 35.5. The van der Waals surface area contributed by atoms with Gasteiger partial charge in [0.2, 0.25) is 0 Å². The molecule has 0 amide bonds. The first-order valence-electron chi connectivity index (χ1n) is 8.89. The normalized spacial score (nSPS) is 10.6. The van der Waals surface area contributed by atoms with Gasteiger partial charge in [-0.1, -0.05) is 23.7 Å².